The summed E-state index contributed by atoms with van der Waals surface area (Å²) in [4.78, 5) is 39.3. The molecule has 1 aliphatic heterocycles. The lowest BCUT2D eigenvalue weighted by Gasteiger charge is -2.13. The molecule has 3 rings (SSSR count). The van der Waals surface area contributed by atoms with E-state index in [4.69, 9.17) is 18.9 Å². The van der Waals surface area contributed by atoms with E-state index in [1.807, 2.05) is 0 Å². The van der Waals surface area contributed by atoms with E-state index in [1.54, 1.807) is 49.4 Å². The van der Waals surface area contributed by atoms with E-state index in [0.29, 0.717) is 32.8 Å². The first kappa shape index (κ1) is 24.0. The smallest absolute Gasteiger partial charge is 0.363 e. The number of anilines is 1. The maximum absolute atomic E-state index is 12.3. The number of ether oxygens (including phenoxy) is 4. The lowest BCUT2D eigenvalue weighted by molar-refractivity contribution is -0.145. The van der Waals surface area contributed by atoms with Gasteiger partial charge in [-0.25, -0.2) is 14.6 Å². The molecule has 1 heterocycles. The van der Waals surface area contributed by atoms with E-state index in [9.17, 15) is 14.4 Å². The molecule has 2 aromatic carbocycles. The first-order chi connectivity index (χ1) is 15.8. The highest BCUT2D eigenvalue weighted by Gasteiger charge is 2.24. The van der Waals surface area contributed by atoms with E-state index >= 15 is 0 Å². The number of amides is 1. The zero-order chi connectivity index (χ0) is 24.0. The molecule has 9 nitrogen and oxygen atoms in total. The van der Waals surface area contributed by atoms with Crippen molar-refractivity contribution in [2.24, 2.45) is 4.99 Å². The van der Waals surface area contributed by atoms with Crippen LogP contribution in [0.25, 0.3) is 6.08 Å². The molecule has 0 aliphatic carbocycles. The van der Waals surface area contributed by atoms with Crippen LogP contribution >= 0.6 is 15.9 Å². The number of nitrogens with zero attached hydrogens (tertiary/aromatic N) is 1. The second-order valence-electron chi connectivity index (χ2n) is 6.72. The minimum Gasteiger partial charge on any atom is -0.493 e. The molecule has 0 unspecified atom stereocenters. The van der Waals surface area contributed by atoms with Crippen LogP contribution in [0.1, 0.15) is 25.0 Å². The molecule has 1 amide bonds. The Labute approximate surface area is 198 Å². The van der Waals surface area contributed by atoms with Crippen LogP contribution in [0.3, 0.4) is 0 Å². The van der Waals surface area contributed by atoms with Gasteiger partial charge in [0, 0.05) is 18.2 Å². The SMILES string of the molecule is CCOC(=O)COc1c(Br)cc(/C=C2\N=C(c3ccc(NC(C)=O)cc3)OC2=O)cc1OC. The molecular formula is C23H21BrN2O7. The average Bonchev–Trinajstić information content (AvgIpc) is 3.13. The number of halogens is 1. The summed E-state index contributed by atoms with van der Waals surface area (Å²) >= 11 is 3.40. The number of nitrogens with one attached hydrogen (secondary N) is 1. The fourth-order valence-electron chi connectivity index (χ4n) is 2.89. The summed E-state index contributed by atoms with van der Waals surface area (Å²) in [5.41, 5.74) is 1.90. The zero-order valence-electron chi connectivity index (χ0n) is 18.1. The van der Waals surface area contributed by atoms with Crippen LogP contribution in [0.2, 0.25) is 0 Å². The summed E-state index contributed by atoms with van der Waals surface area (Å²) < 4.78 is 21.5. The van der Waals surface area contributed by atoms with Gasteiger partial charge in [-0.05, 0) is 70.9 Å². The Hall–Kier alpha value is -3.66. The third-order valence-corrected chi connectivity index (χ3v) is 4.86. The largest absolute Gasteiger partial charge is 0.493 e. The molecule has 1 aliphatic rings. The third-order valence-electron chi connectivity index (χ3n) is 4.27. The fourth-order valence-corrected chi connectivity index (χ4v) is 3.46. The van der Waals surface area contributed by atoms with Gasteiger partial charge >= 0.3 is 11.9 Å². The lowest BCUT2D eigenvalue weighted by Crippen LogP contribution is -2.15. The van der Waals surface area contributed by atoms with Gasteiger partial charge in [-0.1, -0.05) is 0 Å². The monoisotopic (exact) mass is 516 g/mol. The standard InChI is InChI=1S/C23H21BrN2O7/c1-4-31-20(28)12-32-21-17(24)9-14(11-19(21)30-3)10-18-23(29)33-22(26-18)15-5-7-16(8-6-15)25-13(2)27/h5-11H,4,12H2,1-3H3,(H,25,27)/b18-10-. The minimum absolute atomic E-state index is 0.102. The van der Waals surface area contributed by atoms with Crippen molar-refractivity contribution in [1.82, 2.24) is 0 Å². The van der Waals surface area contributed by atoms with Crippen molar-refractivity contribution in [3.63, 3.8) is 0 Å². The minimum atomic E-state index is -0.603. The maximum atomic E-state index is 12.3. The van der Waals surface area contributed by atoms with E-state index < -0.39 is 11.9 Å². The first-order valence-corrected chi connectivity index (χ1v) is 10.7. The molecule has 0 radical (unpaired) electrons. The van der Waals surface area contributed by atoms with E-state index in [-0.39, 0.29) is 30.7 Å². The summed E-state index contributed by atoms with van der Waals surface area (Å²) in [6.07, 6.45) is 1.55. The van der Waals surface area contributed by atoms with Crippen LogP contribution in [0.15, 0.2) is 51.6 Å². The number of carbonyl (C=O) groups is 3. The zero-order valence-corrected chi connectivity index (χ0v) is 19.7. The molecule has 0 atom stereocenters. The van der Waals surface area contributed by atoms with Crippen molar-refractivity contribution in [2.45, 2.75) is 13.8 Å². The van der Waals surface area contributed by atoms with Crippen LogP contribution in [-0.2, 0) is 23.9 Å². The van der Waals surface area contributed by atoms with E-state index in [0.717, 1.165) is 0 Å². The normalized spacial score (nSPS) is 13.9. The first-order valence-electron chi connectivity index (χ1n) is 9.87. The summed E-state index contributed by atoms with van der Waals surface area (Å²) in [6.45, 7) is 3.11. The molecule has 0 spiro atoms. The Bertz CT molecular complexity index is 1140. The van der Waals surface area contributed by atoms with E-state index in [2.05, 4.69) is 26.2 Å². The second kappa shape index (κ2) is 10.8. The Kier molecular flexibility index (Phi) is 7.83. The van der Waals surface area contributed by atoms with Crippen molar-refractivity contribution in [3.05, 3.63) is 57.7 Å². The fraction of sp³-hybridized carbons (Fsp3) is 0.217. The molecular weight excluding hydrogens is 496 g/mol. The van der Waals surface area contributed by atoms with Gasteiger partial charge in [0.25, 0.3) is 0 Å². The van der Waals surface area contributed by atoms with Gasteiger partial charge in [-0.15, -0.1) is 0 Å². The number of hydrogen-bond donors (Lipinski definition) is 1. The predicted octanol–water partition coefficient (Wildman–Crippen LogP) is 3.70. The van der Waals surface area contributed by atoms with E-state index in [1.165, 1.54) is 14.0 Å². The third kappa shape index (κ3) is 6.19. The highest BCUT2D eigenvalue weighted by atomic mass is 79.9. The predicted molar refractivity (Wildman–Crippen MR) is 124 cm³/mol. The van der Waals surface area contributed by atoms with Crippen LogP contribution in [0, 0.1) is 0 Å². The number of rotatable bonds is 8. The lowest BCUT2D eigenvalue weighted by atomic mass is 10.1. The average molecular weight is 517 g/mol. The maximum Gasteiger partial charge on any atom is 0.363 e. The number of aliphatic imine (C=N–C) groups is 1. The Morgan fingerprint density at radius 3 is 2.58 bits per heavy atom. The van der Waals surface area contributed by atoms with Gasteiger partial charge in [0.1, 0.15) is 0 Å². The second-order valence-corrected chi connectivity index (χ2v) is 7.58. The Balaban J connectivity index is 1.82. The molecule has 33 heavy (non-hydrogen) atoms. The molecule has 172 valence electrons. The Morgan fingerprint density at radius 2 is 1.94 bits per heavy atom. The molecule has 0 aromatic heterocycles. The van der Waals surface area contributed by atoms with Crippen LogP contribution in [0.5, 0.6) is 11.5 Å². The molecule has 0 saturated carbocycles. The van der Waals surface area contributed by atoms with Crippen molar-refractivity contribution in [1.29, 1.82) is 0 Å². The van der Waals surface area contributed by atoms with Crippen molar-refractivity contribution >= 4 is 51.4 Å². The van der Waals surface area contributed by atoms with Crippen molar-refractivity contribution < 1.29 is 33.3 Å². The number of cyclic esters (lactones) is 1. The van der Waals surface area contributed by atoms with Crippen LogP contribution < -0.4 is 14.8 Å². The number of hydrogen-bond acceptors (Lipinski definition) is 8. The summed E-state index contributed by atoms with van der Waals surface area (Å²) in [5.74, 6) is -0.459. The molecule has 1 N–H and O–H groups in total. The highest BCUT2D eigenvalue weighted by Crippen LogP contribution is 2.37. The van der Waals surface area contributed by atoms with Crippen LogP contribution in [-0.4, -0.2) is 44.1 Å². The topological polar surface area (TPSA) is 113 Å². The number of esters is 2. The molecule has 2 aromatic rings. The summed E-state index contributed by atoms with van der Waals surface area (Å²) in [6, 6.07) is 10.1. The number of methoxy groups -OCH3 is 1. The number of carbonyl (C=O) groups excluding carboxylic acids is 3. The van der Waals surface area contributed by atoms with Crippen molar-refractivity contribution in [3.8, 4) is 11.5 Å². The number of benzene rings is 2. The van der Waals surface area contributed by atoms with Crippen LogP contribution in [0.4, 0.5) is 5.69 Å². The summed E-state index contributed by atoms with van der Waals surface area (Å²) in [7, 11) is 1.46. The molecule has 0 saturated heterocycles. The van der Waals surface area contributed by atoms with Gasteiger partial charge < -0.3 is 24.3 Å². The Morgan fingerprint density at radius 1 is 1.21 bits per heavy atom. The molecule has 0 bridgehead atoms. The van der Waals surface area contributed by atoms with Gasteiger partial charge in [0.15, 0.2) is 23.8 Å². The van der Waals surface area contributed by atoms with Gasteiger partial charge in [0.05, 0.1) is 18.2 Å². The van der Waals surface area contributed by atoms with Gasteiger partial charge in [-0.2, -0.15) is 0 Å². The summed E-state index contributed by atoms with van der Waals surface area (Å²) in [5, 5.41) is 2.66. The van der Waals surface area contributed by atoms with Gasteiger partial charge in [-0.3, -0.25) is 4.79 Å². The van der Waals surface area contributed by atoms with Crippen molar-refractivity contribution in [2.75, 3.05) is 25.6 Å². The highest BCUT2D eigenvalue weighted by molar-refractivity contribution is 9.10. The quantitative estimate of drug-likeness (QED) is 0.420. The van der Waals surface area contributed by atoms with Gasteiger partial charge in [0.2, 0.25) is 11.8 Å². The molecule has 10 heteroatoms. The molecule has 0 fully saturated rings.